The van der Waals surface area contributed by atoms with Gasteiger partial charge in [0, 0.05) is 32.2 Å². The van der Waals surface area contributed by atoms with Crippen LogP contribution in [0.15, 0.2) is 24.3 Å². The molecular formula is C22H34N2O4S. The van der Waals surface area contributed by atoms with Gasteiger partial charge in [-0.3, -0.25) is 9.69 Å². The second-order valence-corrected chi connectivity index (χ2v) is 11.6. The number of hydrogen-bond donors (Lipinski definition) is 0. The molecule has 0 aromatic heterocycles. The number of benzene rings is 1. The van der Waals surface area contributed by atoms with Gasteiger partial charge in [-0.15, -0.1) is 0 Å². The Morgan fingerprint density at radius 2 is 1.59 bits per heavy atom. The van der Waals surface area contributed by atoms with Crippen LogP contribution in [-0.4, -0.2) is 74.0 Å². The lowest BCUT2D eigenvalue weighted by Gasteiger charge is -2.40. The highest BCUT2D eigenvalue weighted by Gasteiger charge is 2.32. The molecule has 162 valence electrons. The van der Waals surface area contributed by atoms with E-state index >= 15 is 0 Å². The van der Waals surface area contributed by atoms with E-state index in [1.54, 1.807) is 0 Å². The summed E-state index contributed by atoms with van der Waals surface area (Å²) in [6.07, 6.45) is 1.25. The van der Waals surface area contributed by atoms with Crippen LogP contribution in [0.1, 0.15) is 46.1 Å². The zero-order chi connectivity index (χ0) is 21.2. The van der Waals surface area contributed by atoms with Crippen LogP contribution in [0.5, 0.6) is 5.75 Å². The van der Waals surface area contributed by atoms with Crippen LogP contribution in [0.2, 0.25) is 0 Å². The van der Waals surface area contributed by atoms with Crippen molar-refractivity contribution in [1.82, 2.24) is 9.80 Å². The molecule has 2 aliphatic rings. The van der Waals surface area contributed by atoms with Crippen LogP contribution in [0, 0.1) is 0 Å². The van der Waals surface area contributed by atoms with E-state index in [2.05, 4.69) is 37.8 Å². The second-order valence-electron chi connectivity index (χ2n) is 9.28. The van der Waals surface area contributed by atoms with E-state index in [-0.39, 0.29) is 22.8 Å². The maximum atomic E-state index is 12.8. The van der Waals surface area contributed by atoms with Gasteiger partial charge in [-0.05, 0) is 42.9 Å². The van der Waals surface area contributed by atoms with Crippen molar-refractivity contribution >= 4 is 15.7 Å². The van der Waals surface area contributed by atoms with E-state index in [0.717, 1.165) is 12.8 Å². The van der Waals surface area contributed by atoms with Gasteiger partial charge in [-0.25, -0.2) is 8.42 Å². The highest BCUT2D eigenvalue weighted by molar-refractivity contribution is 7.91. The molecule has 1 aromatic rings. The molecule has 0 aliphatic carbocycles. The zero-order valence-corrected chi connectivity index (χ0v) is 18.9. The molecule has 0 spiro atoms. The van der Waals surface area contributed by atoms with Crippen molar-refractivity contribution in [2.75, 3.05) is 37.7 Å². The van der Waals surface area contributed by atoms with Crippen molar-refractivity contribution in [3.05, 3.63) is 29.8 Å². The Labute approximate surface area is 175 Å². The van der Waals surface area contributed by atoms with Gasteiger partial charge in [0.15, 0.2) is 15.9 Å². The van der Waals surface area contributed by atoms with E-state index in [1.165, 1.54) is 5.56 Å². The molecule has 1 atom stereocenters. The number of amides is 1. The third-order valence-corrected chi connectivity index (χ3v) is 7.66. The average molecular weight is 423 g/mol. The van der Waals surface area contributed by atoms with Crippen molar-refractivity contribution < 1.29 is 17.9 Å². The molecule has 2 aliphatic heterocycles. The Hall–Kier alpha value is -1.60. The van der Waals surface area contributed by atoms with E-state index in [1.807, 2.05) is 24.0 Å². The monoisotopic (exact) mass is 422 g/mol. The number of piperidine rings is 1. The van der Waals surface area contributed by atoms with Crippen LogP contribution in [-0.2, 0) is 20.0 Å². The summed E-state index contributed by atoms with van der Waals surface area (Å²) in [5.41, 5.74) is 1.32. The molecule has 7 heteroatoms. The summed E-state index contributed by atoms with van der Waals surface area (Å²) in [6.45, 7) is 10.9. The summed E-state index contributed by atoms with van der Waals surface area (Å²) in [5.74, 6) is 1.24. The lowest BCUT2D eigenvalue weighted by atomic mass is 9.87. The molecule has 0 N–H and O–H groups in total. The van der Waals surface area contributed by atoms with E-state index in [0.29, 0.717) is 38.0 Å². The molecular weight excluding hydrogens is 388 g/mol. The van der Waals surface area contributed by atoms with E-state index in [9.17, 15) is 13.2 Å². The average Bonchev–Trinajstić information content (AvgIpc) is 2.67. The number of carbonyl (C=O) groups excluding carboxylic acids is 1. The third-order valence-electron chi connectivity index (χ3n) is 6.05. The first-order chi connectivity index (χ1) is 13.5. The molecule has 1 amide bonds. The summed E-state index contributed by atoms with van der Waals surface area (Å²) >= 11 is 0. The summed E-state index contributed by atoms with van der Waals surface area (Å²) in [5, 5.41) is 0. The second kappa shape index (κ2) is 8.64. The Balaban J connectivity index is 1.48. The third kappa shape index (κ3) is 5.72. The van der Waals surface area contributed by atoms with Gasteiger partial charge in [0.1, 0.15) is 5.75 Å². The van der Waals surface area contributed by atoms with Gasteiger partial charge in [-0.1, -0.05) is 32.9 Å². The van der Waals surface area contributed by atoms with Gasteiger partial charge < -0.3 is 9.64 Å². The first kappa shape index (κ1) is 22.1. The molecule has 29 heavy (non-hydrogen) atoms. The van der Waals surface area contributed by atoms with Crippen molar-refractivity contribution in [1.29, 1.82) is 0 Å². The predicted molar refractivity (Wildman–Crippen MR) is 115 cm³/mol. The number of nitrogens with zero attached hydrogens (tertiary/aromatic N) is 2. The number of likely N-dealkylation sites (tertiary alicyclic amines) is 1. The van der Waals surface area contributed by atoms with Crippen LogP contribution >= 0.6 is 0 Å². The molecule has 0 bridgehead atoms. The maximum absolute atomic E-state index is 12.8. The van der Waals surface area contributed by atoms with Gasteiger partial charge in [0.25, 0.3) is 5.91 Å². The van der Waals surface area contributed by atoms with Gasteiger partial charge in [0.2, 0.25) is 0 Å². The molecule has 0 unspecified atom stereocenters. The number of ether oxygens (including phenoxy) is 1. The smallest absolute Gasteiger partial charge is 0.263 e. The lowest BCUT2D eigenvalue weighted by molar-refractivity contribution is -0.139. The Bertz CT molecular complexity index is 792. The van der Waals surface area contributed by atoms with Crippen LogP contribution < -0.4 is 4.74 Å². The first-order valence-corrected chi connectivity index (χ1v) is 12.4. The Morgan fingerprint density at radius 1 is 1.03 bits per heavy atom. The molecule has 2 fully saturated rings. The summed E-state index contributed by atoms with van der Waals surface area (Å²) in [4.78, 5) is 17.0. The fraction of sp³-hybridized carbons (Fsp3) is 0.682. The van der Waals surface area contributed by atoms with Crippen molar-refractivity contribution in [2.45, 2.75) is 58.1 Å². The predicted octanol–water partition coefficient (Wildman–Crippen LogP) is 2.47. The number of rotatable bonds is 4. The quantitative estimate of drug-likeness (QED) is 0.746. The fourth-order valence-corrected chi connectivity index (χ4v) is 5.32. The SMILES string of the molecule is C[C@H](Oc1ccc(C(C)(C)C)cc1)C(=O)N1CCC(N2CCS(=O)(=O)CC2)CC1. The van der Waals surface area contributed by atoms with E-state index in [4.69, 9.17) is 4.74 Å². The minimum atomic E-state index is -2.85. The highest BCUT2D eigenvalue weighted by Crippen LogP contribution is 2.25. The van der Waals surface area contributed by atoms with Crippen LogP contribution in [0.25, 0.3) is 0 Å². The van der Waals surface area contributed by atoms with Crippen molar-refractivity contribution in [3.8, 4) is 5.75 Å². The topological polar surface area (TPSA) is 66.9 Å². The molecule has 3 rings (SSSR count). The number of carbonyl (C=O) groups is 1. The van der Waals surface area contributed by atoms with Gasteiger partial charge >= 0.3 is 0 Å². The van der Waals surface area contributed by atoms with Crippen LogP contribution in [0.4, 0.5) is 0 Å². The summed E-state index contributed by atoms with van der Waals surface area (Å²) in [7, 11) is -2.85. The highest BCUT2D eigenvalue weighted by atomic mass is 32.2. The molecule has 0 radical (unpaired) electrons. The summed E-state index contributed by atoms with van der Waals surface area (Å²) < 4.78 is 29.1. The maximum Gasteiger partial charge on any atom is 0.263 e. The molecule has 6 nitrogen and oxygen atoms in total. The van der Waals surface area contributed by atoms with E-state index < -0.39 is 15.9 Å². The number of sulfone groups is 1. The molecule has 2 heterocycles. The van der Waals surface area contributed by atoms with Crippen molar-refractivity contribution in [3.63, 3.8) is 0 Å². The van der Waals surface area contributed by atoms with Gasteiger partial charge in [0.05, 0.1) is 11.5 Å². The number of hydrogen-bond acceptors (Lipinski definition) is 5. The minimum absolute atomic E-state index is 0.0181. The Morgan fingerprint density at radius 3 is 2.10 bits per heavy atom. The fourth-order valence-electron chi connectivity index (χ4n) is 4.09. The van der Waals surface area contributed by atoms with Crippen LogP contribution in [0.3, 0.4) is 0 Å². The van der Waals surface area contributed by atoms with Gasteiger partial charge in [-0.2, -0.15) is 0 Å². The molecule has 2 saturated heterocycles. The lowest BCUT2D eigenvalue weighted by Crippen LogP contribution is -2.52. The standard InChI is InChI=1S/C22H34N2O4S/c1-17(28-20-7-5-18(6-8-20)22(2,3)4)21(25)24-11-9-19(10-12-24)23-13-15-29(26,27)16-14-23/h5-8,17,19H,9-16H2,1-4H3/t17-/m0/s1. The molecule has 0 saturated carbocycles. The zero-order valence-electron chi connectivity index (χ0n) is 18.1. The molecule has 1 aromatic carbocycles. The first-order valence-electron chi connectivity index (χ1n) is 10.6. The largest absolute Gasteiger partial charge is 0.481 e. The normalized spacial score (nSPS) is 22.3. The Kier molecular flexibility index (Phi) is 6.58. The summed E-state index contributed by atoms with van der Waals surface area (Å²) in [6, 6.07) is 8.34. The van der Waals surface area contributed by atoms with Crippen molar-refractivity contribution in [2.24, 2.45) is 0 Å². The minimum Gasteiger partial charge on any atom is -0.481 e.